The van der Waals surface area contributed by atoms with E-state index in [0.29, 0.717) is 15.9 Å². The summed E-state index contributed by atoms with van der Waals surface area (Å²) in [6.07, 6.45) is 1.75. The van der Waals surface area contributed by atoms with Gasteiger partial charge in [-0.2, -0.15) is 0 Å². The summed E-state index contributed by atoms with van der Waals surface area (Å²) in [6, 6.07) is 5.38. The van der Waals surface area contributed by atoms with E-state index in [1.807, 2.05) is 6.07 Å². The molecule has 1 aromatic heterocycles. The predicted molar refractivity (Wildman–Crippen MR) is 57.7 cm³/mol. The molecule has 0 aromatic carbocycles. The molecule has 76 valence electrons. The van der Waals surface area contributed by atoms with E-state index in [0.717, 1.165) is 0 Å². The number of aromatic nitrogens is 1. The van der Waals surface area contributed by atoms with Crippen LogP contribution in [0, 0.1) is 0 Å². The highest BCUT2D eigenvalue weighted by molar-refractivity contribution is 9.10. The van der Waals surface area contributed by atoms with Crippen LogP contribution in [0.2, 0.25) is 0 Å². The molecule has 1 fully saturated rings. The molecule has 1 N–H and O–H groups in total. The van der Waals surface area contributed by atoms with E-state index in [-0.39, 0.29) is 18.2 Å². The summed E-state index contributed by atoms with van der Waals surface area (Å²) >= 11 is 3.23. The lowest BCUT2D eigenvalue weighted by Gasteiger charge is -1.95. The molecule has 1 saturated heterocycles. The van der Waals surface area contributed by atoms with Crippen molar-refractivity contribution < 1.29 is 9.59 Å². The largest absolute Gasteiger partial charge is 0.292 e. The second kappa shape index (κ2) is 3.94. The molecule has 0 radical (unpaired) electrons. The standard InChI is InChI=1S/C10H7BrN2O2/c11-8-3-1-2-7(12-8)4-6-5-9(14)13-10(6)15/h1-4H,5H2,(H,13,14,15)/b6-4+. The quantitative estimate of drug-likeness (QED) is 0.473. The highest BCUT2D eigenvalue weighted by Crippen LogP contribution is 2.14. The van der Waals surface area contributed by atoms with Crippen LogP contribution in [0.15, 0.2) is 28.4 Å². The van der Waals surface area contributed by atoms with Gasteiger partial charge in [-0.25, -0.2) is 4.98 Å². The van der Waals surface area contributed by atoms with Gasteiger partial charge in [-0.3, -0.25) is 14.9 Å². The normalized spacial score (nSPS) is 18.3. The monoisotopic (exact) mass is 266 g/mol. The van der Waals surface area contributed by atoms with Gasteiger partial charge >= 0.3 is 0 Å². The van der Waals surface area contributed by atoms with Gasteiger partial charge in [0.05, 0.1) is 12.1 Å². The highest BCUT2D eigenvalue weighted by Gasteiger charge is 2.23. The summed E-state index contributed by atoms with van der Waals surface area (Å²) in [5.74, 6) is -0.594. The molecule has 1 aliphatic heterocycles. The fourth-order valence-electron chi connectivity index (χ4n) is 1.30. The number of hydrogen-bond acceptors (Lipinski definition) is 3. The maximum Gasteiger partial charge on any atom is 0.254 e. The molecule has 0 unspecified atom stereocenters. The minimum atomic E-state index is -0.332. The van der Waals surface area contributed by atoms with E-state index in [2.05, 4.69) is 26.2 Å². The van der Waals surface area contributed by atoms with Crippen molar-refractivity contribution in [3.63, 3.8) is 0 Å². The number of hydrogen-bond donors (Lipinski definition) is 1. The van der Waals surface area contributed by atoms with Crippen molar-refractivity contribution in [1.82, 2.24) is 10.3 Å². The van der Waals surface area contributed by atoms with Crippen molar-refractivity contribution in [2.45, 2.75) is 6.42 Å². The minimum absolute atomic E-state index is 0.132. The Morgan fingerprint density at radius 1 is 1.40 bits per heavy atom. The second-order valence-corrected chi connectivity index (χ2v) is 3.92. The SMILES string of the molecule is O=C1C/C(=C\c2cccc(Br)n2)C(=O)N1. The van der Waals surface area contributed by atoms with Gasteiger partial charge < -0.3 is 0 Å². The summed E-state index contributed by atoms with van der Waals surface area (Å²) in [5.41, 5.74) is 1.11. The number of rotatable bonds is 1. The van der Waals surface area contributed by atoms with E-state index in [9.17, 15) is 9.59 Å². The first kappa shape index (κ1) is 10.0. The molecule has 0 atom stereocenters. The number of pyridine rings is 1. The van der Waals surface area contributed by atoms with E-state index in [4.69, 9.17) is 0 Å². The van der Waals surface area contributed by atoms with E-state index >= 15 is 0 Å². The number of imide groups is 1. The van der Waals surface area contributed by atoms with Gasteiger partial charge in [0.25, 0.3) is 5.91 Å². The molecule has 1 aliphatic rings. The number of nitrogens with zero attached hydrogens (tertiary/aromatic N) is 1. The van der Waals surface area contributed by atoms with Gasteiger partial charge in [-0.1, -0.05) is 6.07 Å². The number of amides is 2. The lowest BCUT2D eigenvalue weighted by atomic mass is 10.2. The Bertz CT molecular complexity index is 468. The average Bonchev–Trinajstić information content (AvgIpc) is 2.45. The Balaban J connectivity index is 2.31. The molecule has 0 bridgehead atoms. The molecule has 1 aromatic rings. The molecule has 0 aliphatic carbocycles. The van der Waals surface area contributed by atoms with Crippen LogP contribution in [0.25, 0.3) is 6.08 Å². The molecular weight excluding hydrogens is 260 g/mol. The third kappa shape index (κ3) is 2.30. The number of halogens is 1. The predicted octanol–water partition coefficient (Wildman–Crippen LogP) is 1.27. The Labute approximate surface area is 94.5 Å². The highest BCUT2D eigenvalue weighted by atomic mass is 79.9. The Morgan fingerprint density at radius 3 is 2.80 bits per heavy atom. The summed E-state index contributed by atoms with van der Waals surface area (Å²) in [7, 11) is 0. The first-order chi connectivity index (χ1) is 7.15. The van der Waals surface area contributed by atoms with Gasteiger partial charge in [0.2, 0.25) is 5.91 Å². The number of carbonyl (C=O) groups is 2. The number of nitrogens with one attached hydrogen (secondary N) is 1. The lowest BCUT2D eigenvalue weighted by Crippen LogP contribution is -2.19. The first-order valence-corrected chi connectivity index (χ1v) is 5.12. The summed E-state index contributed by atoms with van der Waals surface area (Å²) in [5, 5.41) is 2.22. The maximum atomic E-state index is 11.2. The van der Waals surface area contributed by atoms with Crippen LogP contribution in [0.4, 0.5) is 0 Å². The first-order valence-electron chi connectivity index (χ1n) is 4.32. The third-order valence-corrected chi connectivity index (χ3v) is 2.40. The van der Waals surface area contributed by atoms with Crippen molar-refractivity contribution in [3.8, 4) is 0 Å². The molecular formula is C10H7BrN2O2. The zero-order valence-corrected chi connectivity index (χ0v) is 9.24. The molecule has 2 heterocycles. The van der Waals surface area contributed by atoms with Crippen LogP contribution >= 0.6 is 15.9 Å². The smallest absolute Gasteiger partial charge is 0.254 e. The summed E-state index contributed by atoms with van der Waals surface area (Å²) < 4.78 is 0.696. The summed E-state index contributed by atoms with van der Waals surface area (Å²) in [4.78, 5) is 26.3. The van der Waals surface area contributed by atoms with Crippen molar-refractivity contribution in [1.29, 1.82) is 0 Å². The molecule has 2 rings (SSSR count). The van der Waals surface area contributed by atoms with E-state index in [1.54, 1.807) is 18.2 Å². The van der Waals surface area contributed by atoms with Gasteiger partial charge in [0, 0.05) is 5.57 Å². The molecule has 0 spiro atoms. The van der Waals surface area contributed by atoms with Gasteiger partial charge in [-0.15, -0.1) is 0 Å². The molecule has 0 saturated carbocycles. The van der Waals surface area contributed by atoms with Crippen LogP contribution in [-0.4, -0.2) is 16.8 Å². The molecule has 5 heteroatoms. The van der Waals surface area contributed by atoms with Gasteiger partial charge in [-0.05, 0) is 34.1 Å². The van der Waals surface area contributed by atoms with Gasteiger partial charge in [0.15, 0.2) is 0 Å². The van der Waals surface area contributed by atoms with Crippen molar-refractivity contribution in [3.05, 3.63) is 34.1 Å². The Hall–Kier alpha value is -1.49. The van der Waals surface area contributed by atoms with Crippen molar-refractivity contribution in [2.24, 2.45) is 0 Å². The zero-order valence-electron chi connectivity index (χ0n) is 7.66. The van der Waals surface area contributed by atoms with Crippen LogP contribution in [-0.2, 0) is 9.59 Å². The molecule has 2 amide bonds. The van der Waals surface area contributed by atoms with Crippen LogP contribution < -0.4 is 5.32 Å². The van der Waals surface area contributed by atoms with Crippen LogP contribution in [0.1, 0.15) is 12.1 Å². The lowest BCUT2D eigenvalue weighted by molar-refractivity contribution is -0.124. The number of carbonyl (C=O) groups excluding carboxylic acids is 2. The topological polar surface area (TPSA) is 59.1 Å². The van der Waals surface area contributed by atoms with Crippen molar-refractivity contribution in [2.75, 3.05) is 0 Å². The van der Waals surface area contributed by atoms with Crippen molar-refractivity contribution >= 4 is 33.8 Å². The van der Waals surface area contributed by atoms with E-state index < -0.39 is 0 Å². The Kier molecular flexibility index (Phi) is 2.64. The molecule has 15 heavy (non-hydrogen) atoms. The zero-order chi connectivity index (χ0) is 10.8. The Morgan fingerprint density at radius 2 is 2.20 bits per heavy atom. The minimum Gasteiger partial charge on any atom is -0.292 e. The maximum absolute atomic E-state index is 11.2. The average molecular weight is 267 g/mol. The van der Waals surface area contributed by atoms with E-state index in [1.165, 1.54) is 0 Å². The fourth-order valence-corrected chi connectivity index (χ4v) is 1.66. The van der Waals surface area contributed by atoms with Gasteiger partial charge in [0.1, 0.15) is 4.60 Å². The second-order valence-electron chi connectivity index (χ2n) is 3.11. The molecule has 4 nitrogen and oxygen atoms in total. The van der Waals surface area contributed by atoms with Crippen LogP contribution in [0.5, 0.6) is 0 Å². The summed E-state index contributed by atoms with van der Waals surface area (Å²) in [6.45, 7) is 0. The fraction of sp³-hybridized carbons (Fsp3) is 0.100. The van der Waals surface area contributed by atoms with Crippen LogP contribution in [0.3, 0.4) is 0 Å². The third-order valence-electron chi connectivity index (χ3n) is 1.95.